The smallest absolute Gasteiger partial charge is 0.151 e. The van der Waals surface area contributed by atoms with Crippen LogP contribution in [0.5, 0.6) is 0 Å². The van der Waals surface area contributed by atoms with Crippen LogP contribution in [0.25, 0.3) is 0 Å². The number of quaternary nitrogens is 1. The second-order valence-corrected chi connectivity index (χ2v) is 9.77. The Morgan fingerprint density at radius 2 is 1.88 bits per heavy atom. The summed E-state index contributed by atoms with van der Waals surface area (Å²) in [5.74, 6) is 1.24. The molecule has 0 aromatic heterocycles. The van der Waals surface area contributed by atoms with Crippen LogP contribution < -0.4 is 5.32 Å². The topological polar surface area (TPSA) is 57.2 Å². The number of hydrogen-bond acceptors (Lipinski definition) is 4. The van der Waals surface area contributed by atoms with Gasteiger partial charge in [0.05, 0.1) is 17.5 Å². The number of rotatable bonds is 6. The highest BCUT2D eigenvalue weighted by Crippen LogP contribution is 2.22. The molecule has 140 valence electrons. The second kappa shape index (κ2) is 8.16. The molecule has 2 fully saturated rings. The van der Waals surface area contributed by atoms with Gasteiger partial charge in [-0.3, -0.25) is 4.90 Å². The van der Waals surface area contributed by atoms with Gasteiger partial charge in [-0.2, -0.15) is 7.05 Å². The summed E-state index contributed by atoms with van der Waals surface area (Å²) in [6, 6.07) is 11.2. The zero-order valence-corrected chi connectivity index (χ0v) is 16.0. The van der Waals surface area contributed by atoms with E-state index in [0.717, 1.165) is 39.1 Å². The first kappa shape index (κ1) is 18.8. The Kier molecular flexibility index (Phi) is 6.15. The maximum Gasteiger partial charge on any atom is 0.151 e. The lowest BCUT2D eigenvalue weighted by Crippen LogP contribution is -2.80. The van der Waals surface area contributed by atoms with Crippen LogP contribution in [0.15, 0.2) is 30.3 Å². The van der Waals surface area contributed by atoms with Crippen molar-refractivity contribution < 1.29 is 13.7 Å². The maximum atomic E-state index is 11.7. The van der Waals surface area contributed by atoms with E-state index in [1.54, 1.807) is 0 Å². The van der Waals surface area contributed by atoms with Crippen molar-refractivity contribution in [1.29, 1.82) is 0 Å². The molecule has 1 aromatic carbocycles. The number of hydrogen-bond donors (Lipinski definition) is 1. The summed E-state index contributed by atoms with van der Waals surface area (Å²) in [4.78, 5) is 4.90. The molecule has 0 radical (unpaired) electrons. The maximum absolute atomic E-state index is 11.7. The summed E-state index contributed by atoms with van der Waals surface area (Å²) >= 11 is 0. The molecule has 0 bridgehead atoms. The Hall–Kier alpha value is -0.950. The molecule has 2 heterocycles. The summed E-state index contributed by atoms with van der Waals surface area (Å²) < 4.78 is 23.4. The van der Waals surface area contributed by atoms with Gasteiger partial charge in [-0.05, 0) is 6.42 Å². The number of piperazine rings is 1. The summed E-state index contributed by atoms with van der Waals surface area (Å²) in [5, 5.41) is 2.07. The largest absolute Gasteiger partial charge is 0.472 e. The Balaban J connectivity index is 1.50. The molecule has 5 nitrogen and oxygen atoms in total. The fourth-order valence-corrected chi connectivity index (χ4v) is 6.03. The third kappa shape index (κ3) is 4.82. The molecule has 3 atom stereocenters. The van der Waals surface area contributed by atoms with E-state index in [9.17, 15) is 8.42 Å². The molecule has 2 aliphatic rings. The van der Waals surface area contributed by atoms with E-state index >= 15 is 0 Å². The molecule has 2 aliphatic heterocycles. The number of benzene rings is 1. The third-order valence-corrected chi connectivity index (χ3v) is 7.48. The van der Waals surface area contributed by atoms with Crippen LogP contribution >= 0.6 is 0 Å². The Morgan fingerprint density at radius 1 is 1.20 bits per heavy atom. The van der Waals surface area contributed by atoms with Crippen LogP contribution in [-0.4, -0.2) is 68.5 Å². The normalized spacial score (nSPS) is 27.2. The van der Waals surface area contributed by atoms with Crippen LogP contribution in [0.1, 0.15) is 24.9 Å². The highest BCUT2D eigenvalue weighted by Gasteiger charge is 2.34. The standard InChI is InChI=1S/C19H31N3O2S/c1-16(19(20-2)17-6-4-3-5-7-17)14-21-9-11-22(12-10-21)18-8-13-25(23,24)15-18/h3-7,16,18-19H,2,8-15,20H2,1H3/t16-,18?,19+/m0/s1. The Labute approximate surface area is 152 Å². The minimum atomic E-state index is -2.79. The van der Waals surface area contributed by atoms with E-state index in [4.69, 9.17) is 0 Å². The molecule has 2 N–H and O–H groups in total. The molecule has 3 rings (SSSR count). The fraction of sp³-hybridized carbons (Fsp3) is 0.632. The summed E-state index contributed by atoms with van der Waals surface area (Å²) in [5.41, 5.74) is 1.33. The monoisotopic (exact) mass is 365 g/mol. The van der Waals surface area contributed by atoms with Crippen LogP contribution in [0.3, 0.4) is 0 Å². The molecular weight excluding hydrogens is 334 g/mol. The van der Waals surface area contributed by atoms with Gasteiger partial charge in [0, 0.05) is 50.2 Å². The first-order valence-corrected chi connectivity index (χ1v) is 11.1. The van der Waals surface area contributed by atoms with Crippen molar-refractivity contribution >= 4 is 9.84 Å². The summed E-state index contributed by atoms with van der Waals surface area (Å²) in [6.07, 6.45) is 0.811. The van der Waals surface area contributed by atoms with E-state index in [1.165, 1.54) is 5.56 Å². The summed E-state index contributed by atoms with van der Waals surface area (Å²) in [7, 11) is 1.26. The van der Waals surface area contributed by atoms with E-state index in [2.05, 4.69) is 59.4 Å². The van der Waals surface area contributed by atoms with Crippen molar-refractivity contribution in [2.45, 2.75) is 25.4 Å². The van der Waals surface area contributed by atoms with Gasteiger partial charge in [-0.25, -0.2) is 8.42 Å². The van der Waals surface area contributed by atoms with E-state index < -0.39 is 9.84 Å². The van der Waals surface area contributed by atoms with Crippen molar-refractivity contribution in [3.8, 4) is 0 Å². The fourth-order valence-electron chi connectivity index (χ4n) is 4.27. The van der Waals surface area contributed by atoms with Crippen LogP contribution in [0, 0.1) is 13.0 Å². The Morgan fingerprint density at radius 3 is 2.44 bits per heavy atom. The molecule has 0 spiro atoms. The van der Waals surface area contributed by atoms with Gasteiger partial charge in [-0.15, -0.1) is 0 Å². The van der Waals surface area contributed by atoms with Crippen molar-refractivity contribution in [1.82, 2.24) is 9.80 Å². The van der Waals surface area contributed by atoms with Gasteiger partial charge in [0.2, 0.25) is 0 Å². The first-order chi connectivity index (χ1) is 12.0. The van der Waals surface area contributed by atoms with Gasteiger partial charge in [0.1, 0.15) is 0 Å². The summed E-state index contributed by atoms with van der Waals surface area (Å²) in [6.45, 7) is 7.38. The lowest BCUT2D eigenvalue weighted by atomic mass is 9.94. The van der Waals surface area contributed by atoms with E-state index in [1.807, 2.05) is 0 Å². The molecule has 2 saturated heterocycles. The van der Waals surface area contributed by atoms with Gasteiger partial charge in [0.15, 0.2) is 9.84 Å². The molecule has 6 heteroatoms. The average molecular weight is 366 g/mol. The van der Waals surface area contributed by atoms with Crippen LogP contribution in [0.2, 0.25) is 0 Å². The SMILES string of the molecule is [CH2-][NH2+][C@@H](c1ccccc1)[C@@H](C)CN1CCN(C2CCS(=O)(=O)C2)CC1. The van der Waals surface area contributed by atoms with Crippen molar-refractivity contribution in [2.75, 3.05) is 44.2 Å². The van der Waals surface area contributed by atoms with Gasteiger partial charge in [0.25, 0.3) is 0 Å². The lowest BCUT2D eigenvalue weighted by Gasteiger charge is -2.39. The average Bonchev–Trinajstić information content (AvgIpc) is 2.97. The van der Waals surface area contributed by atoms with Gasteiger partial charge in [-0.1, -0.05) is 37.3 Å². The molecule has 0 amide bonds. The van der Waals surface area contributed by atoms with E-state index in [-0.39, 0.29) is 6.04 Å². The van der Waals surface area contributed by atoms with E-state index in [0.29, 0.717) is 23.5 Å². The number of nitrogens with zero attached hydrogens (tertiary/aromatic N) is 2. The molecule has 0 saturated carbocycles. The minimum Gasteiger partial charge on any atom is -0.472 e. The number of sulfone groups is 1. The highest BCUT2D eigenvalue weighted by atomic mass is 32.2. The zero-order valence-electron chi connectivity index (χ0n) is 15.2. The highest BCUT2D eigenvalue weighted by molar-refractivity contribution is 7.91. The van der Waals surface area contributed by atoms with Crippen molar-refractivity contribution in [3.05, 3.63) is 42.9 Å². The lowest BCUT2D eigenvalue weighted by molar-refractivity contribution is -0.648. The van der Waals surface area contributed by atoms with Gasteiger partial charge < -0.3 is 10.2 Å². The molecule has 1 aromatic rings. The molecule has 1 unspecified atom stereocenters. The Bertz CT molecular complexity index is 642. The number of nitrogens with two attached hydrogens (primary N) is 1. The predicted octanol–water partition coefficient (Wildman–Crippen LogP) is 0.523. The van der Waals surface area contributed by atoms with Gasteiger partial charge >= 0.3 is 0 Å². The minimum absolute atomic E-state index is 0.245. The second-order valence-electron chi connectivity index (χ2n) is 7.54. The quantitative estimate of drug-likeness (QED) is 0.747. The zero-order chi connectivity index (χ0) is 17.9. The molecular formula is C19H31N3O2S. The molecule has 0 aliphatic carbocycles. The predicted molar refractivity (Wildman–Crippen MR) is 101 cm³/mol. The third-order valence-electron chi connectivity index (χ3n) is 5.73. The molecule has 25 heavy (non-hydrogen) atoms. The van der Waals surface area contributed by atoms with Crippen LogP contribution in [-0.2, 0) is 9.84 Å². The van der Waals surface area contributed by atoms with Crippen molar-refractivity contribution in [3.63, 3.8) is 0 Å². The van der Waals surface area contributed by atoms with Crippen LogP contribution in [0.4, 0.5) is 0 Å². The first-order valence-electron chi connectivity index (χ1n) is 9.33. The van der Waals surface area contributed by atoms with Crippen molar-refractivity contribution in [2.24, 2.45) is 5.92 Å².